The van der Waals surface area contributed by atoms with E-state index < -0.39 is 0 Å². The Labute approximate surface area is 107 Å². The van der Waals surface area contributed by atoms with Crippen molar-refractivity contribution in [2.24, 2.45) is 5.92 Å². The first-order chi connectivity index (χ1) is 7.23. The summed E-state index contributed by atoms with van der Waals surface area (Å²) >= 11 is 3.54. The molecule has 1 aromatic heterocycles. The second-order valence-corrected chi connectivity index (χ2v) is 6.50. The fourth-order valence-corrected chi connectivity index (χ4v) is 2.36. The predicted octanol–water partition coefficient (Wildman–Crippen LogP) is 3.57. The molecule has 4 heteroatoms. The third-order valence-corrected chi connectivity index (χ3v) is 3.34. The molecule has 1 heterocycles. The highest BCUT2D eigenvalue weighted by Gasteiger charge is 2.24. The van der Waals surface area contributed by atoms with Gasteiger partial charge in [-0.2, -0.15) is 5.10 Å². The average Bonchev–Trinajstić information content (AvgIpc) is 2.40. The molecule has 92 valence electrons. The average molecular weight is 288 g/mol. The first-order valence-electron chi connectivity index (χ1n) is 5.75. The Kier molecular flexibility index (Phi) is 4.05. The van der Waals surface area contributed by atoms with Crippen molar-refractivity contribution in [2.45, 2.75) is 53.0 Å². The van der Waals surface area contributed by atoms with Gasteiger partial charge in [0.2, 0.25) is 0 Å². The maximum Gasteiger partial charge on any atom is 0.136 e. The summed E-state index contributed by atoms with van der Waals surface area (Å²) in [6.07, 6.45) is 1.10. The van der Waals surface area contributed by atoms with Crippen molar-refractivity contribution in [3.05, 3.63) is 10.2 Å². The van der Waals surface area contributed by atoms with E-state index in [9.17, 15) is 0 Å². The third kappa shape index (κ3) is 3.00. The molecule has 0 radical (unpaired) electrons. The molecule has 0 saturated carbocycles. The highest BCUT2D eigenvalue weighted by molar-refractivity contribution is 9.10. The van der Waals surface area contributed by atoms with Gasteiger partial charge in [-0.05, 0) is 28.3 Å². The zero-order chi connectivity index (χ0) is 12.5. The standard InChI is InChI=1S/C12H22BrN3/c1-8(2)6-7-16-11(14)9(13)10(15-16)12(3,4)5/h8H,6-7,14H2,1-5H3. The Bertz CT molecular complexity index is 361. The summed E-state index contributed by atoms with van der Waals surface area (Å²) in [5, 5.41) is 4.60. The van der Waals surface area contributed by atoms with Crippen molar-refractivity contribution in [3.63, 3.8) is 0 Å². The number of hydrogen-bond donors (Lipinski definition) is 1. The van der Waals surface area contributed by atoms with Crippen molar-refractivity contribution >= 4 is 21.7 Å². The van der Waals surface area contributed by atoms with Crippen LogP contribution >= 0.6 is 15.9 Å². The van der Waals surface area contributed by atoms with Gasteiger partial charge in [0.25, 0.3) is 0 Å². The number of anilines is 1. The van der Waals surface area contributed by atoms with Crippen LogP contribution in [-0.4, -0.2) is 9.78 Å². The van der Waals surface area contributed by atoms with Gasteiger partial charge >= 0.3 is 0 Å². The molecule has 0 amide bonds. The molecule has 0 aliphatic rings. The molecule has 0 spiro atoms. The molecule has 0 aromatic carbocycles. The number of rotatable bonds is 3. The molecule has 16 heavy (non-hydrogen) atoms. The molecule has 0 aliphatic carbocycles. The number of nitrogens with two attached hydrogens (primary N) is 1. The predicted molar refractivity (Wildman–Crippen MR) is 72.5 cm³/mol. The summed E-state index contributed by atoms with van der Waals surface area (Å²) in [5.41, 5.74) is 7.10. The summed E-state index contributed by atoms with van der Waals surface area (Å²) in [6.45, 7) is 11.7. The van der Waals surface area contributed by atoms with E-state index in [0.717, 1.165) is 29.0 Å². The lowest BCUT2D eigenvalue weighted by molar-refractivity contribution is 0.475. The van der Waals surface area contributed by atoms with Gasteiger partial charge in [-0.25, -0.2) is 4.68 Å². The van der Waals surface area contributed by atoms with Gasteiger partial charge < -0.3 is 5.73 Å². The number of hydrogen-bond acceptors (Lipinski definition) is 2. The lowest BCUT2D eigenvalue weighted by atomic mass is 9.92. The SMILES string of the molecule is CC(C)CCn1nc(C(C)(C)C)c(Br)c1N. The maximum atomic E-state index is 6.04. The minimum absolute atomic E-state index is 0.0238. The van der Waals surface area contributed by atoms with Crippen molar-refractivity contribution < 1.29 is 0 Å². The van der Waals surface area contributed by atoms with E-state index in [1.54, 1.807) is 0 Å². The second-order valence-electron chi connectivity index (χ2n) is 5.70. The van der Waals surface area contributed by atoms with E-state index in [1.807, 2.05) is 4.68 Å². The van der Waals surface area contributed by atoms with Crippen LogP contribution in [0.4, 0.5) is 5.82 Å². The van der Waals surface area contributed by atoms with E-state index in [4.69, 9.17) is 5.73 Å². The van der Waals surface area contributed by atoms with E-state index in [1.165, 1.54) is 0 Å². The highest BCUT2D eigenvalue weighted by Crippen LogP contribution is 2.33. The monoisotopic (exact) mass is 287 g/mol. The summed E-state index contributed by atoms with van der Waals surface area (Å²) in [7, 11) is 0. The van der Waals surface area contributed by atoms with Gasteiger partial charge in [0.1, 0.15) is 5.82 Å². The first kappa shape index (κ1) is 13.6. The summed E-state index contributed by atoms with van der Waals surface area (Å²) < 4.78 is 2.86. The van der Waals surface area contributed by atoms with Crippen LogP contribution in [0.25, 0.3) is 0 Å². The smallest absolute Gasteiger partial charge is 0.136 e. The van der Waals surface area contributed by atoms with E-state index >= 15 is 0 Å². The molecule has 0 aliphatic heterocycles. The summed E-state index contributed by atoms with van der Waals surface area (Å²) in [5.74, 6) is 1.41. The van der Waals surface area contributed by atoms with Crippen LogP contribution in [0, 0.1) is 5.92 Å². The molecule has 0 saturated heterocycles. The molecule has 1 aromatic rings. The Morgan fingerprint density at radius 3 is 2.31 bits per heavy atom. The van der Waals surface area contributed by atoms with Crippen LogP contribution in [0.2, 0.25) is 0 Å². The zero-order valence-electron chi connectivity index (χ0n) is 10.8. The van der Waals surface area contributed by atoms with Crippen molar-refractivity contribution in [1.29, 1.82) is 0 Å². The topological polar surface area (TPSA) is 43.8 Å². The van der Waals surface area contributed by atoms with Gasteiger partial charge in [0.15, 0.2) is 0 Å². The number of aromatic nitrogens is 2. The molecule has 1 rings (SSSR count). The van der Waals surface area contributed by atoms with Gasteiger partial charge in [-0.1, -0.05) is 34.6 Å². The lowest BCUT2D eigenvalue weighted by Gasteiger charge is -2.15. The van der Waals surface area contributed by atoms with Crippen LogP contribution in [0.3, 0.4) is 0 Å². The molecular formula is C12H22BrN3. The van der Waals surface area contributed by atoms with Crippen LogP contribution in [-0.2, 0) is 12.0 Å². The Hall–Kier alpha value is -0.510. The van der Waals surface area contributed by atoms with Crippen LogP contribution in [0.1, 0.15) is 46.7 Å². The fraction of sp³-hybridized carbons (Fsp3) is 0.750. The number of nitrogens with zero attached hydrogens (tertiary/aromatic N) is 2. The second kappa shape index (κ2) is 4.78. The maximum absolute atomic E-state index is 6.04. The number of nitrogen functional groups attached to an aromatic ring is 1. The molecule has 0 fully saturated rings. The Morgan fingerprint density at radius 1 is 1.38 bits per heavy atom. The van der Waals surface area contributed by atoms with Crippen molar-refractivity contribution in [3.8, 4) is 0 Å². The van der Waals surface area contributed by atoms with E-state index in [-0.39, 0.29) is 5.41 Å². The first-order valence-corrected chi connectivity index (χ1v) is 6.55. The van der Waals surface area contributed by atoms with Gasteiger partial charge in [-0.15, -0.1) is 0 Å². The molecule has 0 unspecified atom stereocenters. The minimum atomic E-state index is 0.0238. The summed E-state index contributed by atoms with van der Waals surface area (Å²) in [6, 6.07) is 0. The normalized spacial score (nSPS) is 12.4. The highest BCUT2D eigenvalue weighted by atomic mass is 79.9. The van der Waals surface area contributed by atoms with Crippen LogP contribution in [0.5, 0.6) is 0 Å². The van der Waals surface area contributed by atoms with Crippen molar-refractivity contribution in [2.75, 3.05) is 5.73 Å². The van der Waals surface area contributed by atoms with Gasteiger partial charge in [0.05, 0.1) is 10.2 Å². The fourth-order valence-electron chi connectivity index (χ4n) is 1.48. The molecular weight excluding hydrogens is 266 g/mol. The largest absolute Gasteiger partial charge is 0.383 e. The van der Waals surface area contributed by atoms with Crippen molar-refractivity contribution in [1.82, 2.24) is 9.78 Å². The zero-order valence-corrected chi connectivity index (χ0v) is 12.4. The van der Waals surface area contributed by atoms with E-state index in [2.05, 4.69) is 55.6 Å². The third-order valence-electron chi connectivity index (χ3n) is 2.56. The summed E-state index contributed by atoms with van der Waals surface area (Å²) in [4.78, 5) is 0. The quantitative estimate of drug-likeness (QED) is 0.924. The molecule has 0 bridgehead atoms. The Balaban J connectivity index is 2.96. The Morgan fingerprint density at radius 2 is 1.94 bits per heavy atom. The number of halogens is 1. The molecule has 0 atom stereocenters. The number of aryl methyl sites for hydroxylation is 1. The minimum Gasteiger partial charge on any atom is -0.383 e. The van der Waals surface area contributed by atoms with E-state index in [0.29, 0.717) is 5.92 Å². The van der Waals surface area contributed by atoms with Crippen LogP contribution in [0.15, 0.2) is 4.47 Å². The van der Waals surface area contributed by atoms with Gasteiger partial charge in [0, 0.05) is 12.0 Å². The molecule has 3 nitrogen and oxygen atoms in total. The molecule has 2 N–H and O–H groups in total. The van der Waals surface area contributed by atoms with Gasteiger partial charge in [-0.3, -0.25) is 0 Å². The van der Waals surface area contributed by atoms with Crippen LogP contribution < -0.4 is 5.73 Å². The lowest BCUT2D eigenvalue weighted by Crippen LogP contribution is -2.14.